The molecule has 2 unspecified atom stereocenters. The van der Waals surface area contributed by atoms with Crippen molar-refractivity contribution in [3.63, 3.8) is 0 Å². The lowest BCUT2D eigenvalue weighted by Gasteiger charge is -2.42. The molecule has 3 N–H and O–H groups in total. The Morgan fingerprint density at radius 3 is 1.60 bits per heavy atom. The van der Waals surface area contributed by atoms with Crippen LogP contribution in [0.2, 0.25) is 0 Å². The van der Waals surface area contributed by atoms with Gasteiger partial charge in [-0.1, -0.05) is 64.1 Å². The third-order valence-electron chi connectivity index (χ3n) is 8.65. The molecule has 186 valence electrons. The van der Waals surface area contributed by atoms with Crippen molar-refractivity contribution in [2.75, 3.05) is 0 Å². The molecule has 4 rings (SSSR count). The summed E-state index contributed by atoms with van der Waals surface area (Å²) >= 11 is 0. The van der Waals surface area contributed by atoms with E-state index in [1.165, 1.54) is 16.7 Å². The third kappa shape index (κ3) is 4.91. The van der Waals surface area contributed by atoms with Gasteiger partial charge in [-0.15, -0.1) is 0 Å². The number of hydrogen-bond donors (Lipinski definition) is 3. The summed E-state index contributed by atoms with van der Waals surface area (Å²) in [6, 6.07) is 20.1. The Morgan fingerprint density at radius 1 is 0.714 bits per heavy atom. The predicted octanol–water partition coefficient (Wildman–Crippen LogP) is 8.47. The first-order valence-corrected chi connectivity index (χ1v) is 13.2. The molecule has 0 saturated heterocycles. The van der Waals surface area contributed by atoms with Gasteiger partial charge >= 0.3 is 0 Å². The quantitative estimate of drug-likeness (QED) is 0.323. The summed E-state index contributed by atoms with van der Waals surface area (Å²) in [4.78, 5) is 0. The van der Waals surface area contributed by atoms with E-state index < -0.39 is 0 Å². The number of aromatic hydroxyl groups is 3. The van der Waals surface area contributed by atoms with E-state index in [-0.39, 0.29) is 17.3 Å². The molecule has 0 heterocycles. The Morgan fingerprint density at radius 2 is 1.17 bits per heavy atom. The van der Waals surface area contributed by atoms with Gasteiger partial charge in [0.2, 0.25) is 0 Å². The molecule has 0 bridgehead atoms. The second-order valence-electron chi connectivity index (χ2n) is 10.6. The van der Waals surface area contributed by atoms with Gasteiger partial charge in [0.25, 0.3) is 0 Å². The fraction of sp³-hybridized carbons (Fsp3) is 0.438. The van der Waals surface area contributed by atoms with Crippen molar-refractivity contribution in [2.24, 2.45) is 0 Å². The van der Waals surface area contributed by atoms with Crippen molar-refractivity contribution < 1.29 is 15.3 Å². The molecule has 0 aromatic heterocycles. The normalized spacial score (nSPS) is 22.0. The van der Waals surface area contributed by atoms with Crippen molar-refractivity contribution in [2.45, 2.75) is 89.4 Å². The van der Waals surface area contributed by atoms with E-state index in [9.17, 15) is 15.3 Å². The summed E-state index contributed by atoms with van der Waals surface area (Å²) in [5, 5.41) is 31.0. The summed E-state index contributed by atoms with van der Waals surface area (Å²) in [5.41, 5.74) is 5.68. The maximum Gasteiger partial charge on any atom is 0.119 e. The van der Waals surface area contributed by atoms with Crippen LogP contribution in [0.3, 0.4) is 0 Å². The van der Waals surface area contributed by atoms with Gasteiger partial charge < -0.3 is 15.3 Å². The van der Waals surface area contributed by atoms with Crippen LogP contribution in [0.15, 0.2) is 60.7 Å². The summed E-state index contributed by atoms with van der Waals surface area (Å²) in [6.07, 6.45) is 6.03. The van der Waals surface area contributed by atoms with Crippen LogP contribution in [0.5, 0.6) is 17.2 Å². The van der Waals surface area contributed by atoms with E-state index in [1.54, 1.807) is 12.1 Å². The van der Waals surface area contributed by atoms with Crippen LogP contribution in [-0.2, 0) is 5.41 Å². The third-order valence-corrected chi connectivity index (χ3v) is 8.65. The molecule has 3 aromatic carbocycles. The van der Waals surface area contributed by atoms with Gasteiger partial charge in [-0.05, 0) is 108 Å². The van der Waals surface area contributed by atoms with E-state index in [0.717, 1.165) is 49.7 Å². The van der Waals surface area contributed by atoms with E-state index in [0.29, 0.717) is 23.2 Å². The maximum atomic E-state index is 10.6. The summed E-state index contributed by atoms with van der Waals surface area (Å²) in [5.74, 6) is 2.10. The lowest BCUT2D eigenvalue weighted by molar-refractivity contribution is 0.313. The van der Waals surface area contributed by atoms with E-state index in [2.05, 4.69) is 64.1 Å². The molecule has 3 heteroatoms. The van der Waals surface area contributed by atoms with Gasteiger partial charge in [0.15, 0.2) is 0 Å². The van der Waals surface area contributed by atoms with Gasteiger partial charge in [-0.3, -0.25) is 0 Å². The van der Waals surface area contributed by atoms with Gasteiger partial charge in [0.05, 0.1) is 0 Å². The largest absolute Gasteiger partial charge is 0.508 e. The Hall–Kier alpha value is -2.94. The first-order chi connectivity index (χ1) is 16.8. The molecule has 0 spiro atoms. The minimum absolute atomic E-state index is 0.167. The SMILES string of the molecule is CCC(C)c1cc(C2(c3ccc(O)c(C(C)CC)c3)CCC(c3ccc(O)cc3)CC2)ccc1O. The minimum Gasteiger partial charge on any atom is -0.508 e. The molecule has 0 amide bonds. The molecule has 3 aromatic rings. The fourth-order valence-corrected chi connectivity index (χ4v) is 5.87. The Labute approximate surface area is 210 Å². The van der Waals surface area contributed by atoms with Gasteiger partial charge in [-0.25, -0.2) is 0 Å². The average molecular weight is 473 g/mol. The average Bonchev–Trinajstić information content (AvgIpc) is 2.89. The molecule has 1 aliphatic rings. The molecule has 35 heavy (non-hydrogen) atoms. The number of hydrogen-bond acceptors (Lipinski definition) is 3. The highest BCUT2D eigenvalue weighted by atomic mass is 16.3. The monoisotopic (exact) mass is 472 g/mol. The summed E-state index contributed by atoms with van der Waals surface area (Å²) in [7, 11) is 0. The van der Waals surface area contributed by atoms with Gasteiger partial charge in [0, 0.05) is 5.41 Å². The zero-order valence-electron chi connectivity index (χ0n) is 21.6. The summed E-state index contributed by atoms with van der Waals surface area (Å²) < 4.78 is 0. The smallest absolute Gasteiger partial charge is 0.119 e. The lowest BCUT2D eigenvalue weighted by atomic mass is 9.61. The molecule has 1 aliphatic carbocycles. The van der Waals surface area contributed by atoms with Gasteiger partial charge in [0.1, 0.15) is 17.2 Å². The first-order valence-electron chi connectivity index (χ1n) is 13.2. The van der Waals surface area contributed by atoms with Crippen molar-refractivity contribution in [3.8, 4) is 17.2 Å². The fourth-order valence-electron chi connectivity index (χ4n) is 5.87. The molecule has 0 aliphatic heterocycles. The standard InChI is InChI=1S/C32H40O3/c1-5-21(3)28-19-25(9-13-30(28)34)32(26-10-14-31(35)29(20-26)22(4)6-2)17-15-24(16-18-32)23-7-11-27(33)12-8-23/h7-14,19-22,24,33-35H,5-6,15-18H2,1-4H3. The second-order valence-corrected chi connectivity index (χ2v) is 10.6. The van der Waals surface area contributed by atoms with Crippen molar-refractivity contribution in [3.05, 3.63) is 88.5 Å². The van der Waals surface area contributed by atoms with E-state index in [1.807, 2.05) is 12.1 Å². The molecule has 0 radical (unpaired) electrons. The van der Waals surface area contributed by atoms with Crippen molar-refractivity contribution >= 4 is 0 Å². The Kier molecular flexibility index (Phi) is 7.44. The van der Waals surface area contributed by atoms with Crippen LogP contribution in [0.25, 0.3) is 0 Å². The number of phenolic OH excluding ortho intramolecular Hbond substituents is 3. The van der Waals surface area contributed by atoms with E-state index >= 15 is 0 Å². The number of benzene rings is 3. The van der Waals surface area contributed by atoms with Crippen LogP contribution in [-0.4, -0.2) is 15.3 Å². The molecule has 1 fully saturated rings. The molecule has 2 atom stereocenters. The minimum atomic E-state index is -0.167. The van der Waals surface area contributed by atoms with Crippen LogP contribution in [0.1, 0.15) is 112 Å². The Bertz CT molecular complexity index is 1080. The molecule has 1 saturated carbocycles. The Balaban J connectivity index is 1.79. The second kappa shape index (κ2) is 10.4. The zero-order valence-corrected chi connectivity index (χ0v) is 21.6. The van der Waals surface area contributed by atoms with Crippen molar-refractivity contribution in [1.82, 2.24) is 0 Å². The highest BCUT2D eigenvalue weighted by Crippen LogP contribution is 2.51. The number of phenols is 3. The topological polar surface area (TPSA) is 60.7 Å². The van der Waals surface area contributed by atoms with E-state index in [4.69, 9.17) is 0 Å². The highest BCUT2D eigenvalue weighted by Gasteiger charge is 2.39. The van der Waals surface area contributed by atoms with Crippen LogP contribution < -0.4 is 0 Å². The summed E-state index contributed by atoms with van der Waals surface area (Å²) in [6.45, 7) is 8.67. The molecular formula is C32H40O3. The molecule has 3 nitrogen and oxygen atoms in total. The lowest BCUT2D eigenvalue weighted by Crippen LogP contribution is -2.33. The molecular weight excluding hydrogens is 432 g/mol. The predicted molar refractivity (Wildman–Crippen MR) is 144 cm³/mol. The van der Waals surface area contributed by atoms with Crippen LogP contribution in [0, 0.1) is 0 Å². The van der Waals surface area contributed by atoms with Crippen molar-refractivity contribution in [1.29, 1.82) is 0 Å². The highest BCUT2D eigenvalue weighted by molar-refractivity contribution is 5.50. The first kappa shape index (κ1) is 25.2. The maximum absolute atomic E-state index is 10.6. The number of rotatable bonds is 7. The van der Waals surface area contributed by atoms with Gasteiger partial charge in [-0.2, -0.15) is 0 Å². The van der Waals surface area contributed by atoms with Crippen LogP contribution >= 0.6 is 0 Å². The zero-order chi connectivity index (χ0) is 25.2. The van der Waals surface area contributed by atoms with Crippen LogP contribution in [0.4, 0.5) is 0 Å².